The molecule has 3 aliphatic heterocycles. The van der Waals surface area contributed by atoms with E-state index < -0.39 is 0 Å². The summed E-state index contributed by atoms with van der Waals surface area (Å²) < 4.78 is 5.92. The molecule has 3 aromatic carbocycles. The van der Waals surface area contributed by atoms with Crippen LogP contribution in [0.1, 0.15) is 44.7 Å². The van der Waals surface area contributed by atoms with Crippen molar-refractivity contribution in [3.63, 3.8) is 0 Å². The lowest BCUT2D eigenvalue weighted by molar-refractivity contribution is -0.117. The van der Waals surface area contributed by atoms with Crippen molar-refractivity contribution in [1.82, 2.24) is 4.98 Å². The Kier molecular flexibility index (Phi) is 7.87. The second kappa shape index (κ2) is 12.2. The fourth-order valence-corrected chi connectivity index (χ4v) is 6.90. The van der Waals surface area contributed by atoms with Crippen LogP contribution in [0.15, 0.2) is 60.8 Å². The van der Waals surface area contributed by atoms with E-state index in [0.29, 0.717) is 30.1 Å². The first-order valence-corrected chi connectivity index (χ1v) is 16.3. The maximum atomic E-state index is 13.2. The van der Waals surface area contributed by atoms with Crippen molar-refractivity contribution in [2.75, 3.05) is 45.5 Å². The first kappa shape index (κ1) is 30.4. The van der Waals surface area contributed by atoms with Gasteiger partial charge in [0.25, 0.3) is 0 Å². The van der Waals surface area contributed by atoms with Crippen molar-refractivity contribution in [2.45, 2.75) is 64.6 Å². The van der Waals surface area contributed by atoms with Crippen LogP contribution in [-0.2, 0) is 22.4 Å². The third-order valence-corrected chi connectivity index (χ3v) is 9.03. The van der Waals surface area contributed by atoms with E-state index in [1.165, 1.54) is 11.3 Å². The lowest BCUT2D eigenvalue weighted by Crippen LogP contribution is -2.25. The molecule has 0 bridgehead atoms. The molecule has 0 spiro atoms. The van der Waals surface area contributed by atoms with Gasteiger partial charge >= 0.3 is 0 Å². The van der Waals surface area contributed by atoms with Gasteiger partial charge in [0.15, 0.2) is 11.6 Å². The molecule has 0 unspecified atom stereocenters. The van der Waals surface area contributed by atoms with Crippen molar-refractivity contribution < 1.29 is 14.3 Å². The Morgan fingerprint density at radius 1 is 0.936 bits per heavy atom. The molecule has 1 aromatic heterocycles. The highest BCUT2D eigenvalue weighted by Gasteiger charge is 2.27. The third-order valence-electron chi connectivity index (χ3n) is 9.03. The SMILES string of the molecule is CC(C)Oc1cc(-c2cccc3c2N[C@H](Cc2cc4c(c(-c5ccc6c(c5)CCN6C)c2)N[C@H](C)CC(=O)N4)CC(=O)N3)cnc1N. The number of aromatic nitrogens is 1. The van der Waals surface area contributed by atoms with Gasteiger partial charge in [0.05, 0.1) is 28.9 Å². The zero-order chi connectivity index (χ0) is 32.8. The summed E-state index contributed by atoms with van der Waals surface area (Å²) in [4.78, 5) is 32.8. The van der Waals surface area contributed by atoms with Gasteiger partial charge in [-0.25, -0.2) is 4.98 Å². The monoisotopic (exact) mass is 631 g/mol. The number of anilines is 6. The Morgan fingerprint density at radius 2 is 1.72 bits per heavy atom. The van der Waals surface area contributed by atoms with E-state index in [0.717, 1.165) is 57.8 Å². The van der Waals surface area contributed by atoms with Crippen molar-refractivity contribution in [1.29, 1.82) is 0 Å². The standard InChI is InChI=1S/C37H41N7O3/c1-20(2)47-32-17-25(19-39-37(32)38)27-6-5-7-29-35(27)41-26(18-34(46)42-29)13-22-14-28(23-8-9-31-24(16-23)10-11-44(31)4)36-30(15-22)43-33(45)12-21(3)40-36/h5-9,14-17,19-21,26,40-41H,10-13,18H2,1-4H3,(H2,38,39)(H,42,46)(H,43,45)/t21-,26-/m1/s1. The van der Waals surface area contributed by atoms with E-state index in [1.54, 1.807) is 6.20 Å². The lowest BCUT2D eigenvalue weighted by Gasteiger charge is -2.23. The molecular formula is C37H41N7O3. The number of benzene rings is 3. The van der Waals surface area contributed by atoms with Crippen LogP contribution in [0.3, 0.4) is 0 Å². The second-order valence-electron chi connectivity index (χ2n) is 13.2. The van der Waals surface area contributed by atoms with Gasteiger partial charge in [-0.1, -0.05) is 18.2 Å². The number of ether oxygens (including phenoxy) is 1. The van der Waals surface area contributed by atoms with Crippen LogP contribution in [0.2, 0.25) is 0 Å². The summed E-state index contributed by atoms with van der Waals surface area (Å²) in [6, 6.07) is 18.3. The summed E-state index contributed by atoms with van der Waals surface area (Å²) in [5.74, 6) is 0.754. The molecular weight excluding hydrogens is 590 g/mol. The summed E-state index contributed by atoms with van der Waals surface area (Å²) in [6.45, 7) is 6.92. The van der Waals surface area contributed by atoms with Gasteiger partial charge in [-0.3, -0.25) is 9.59 Å². The van der Waals surface area contributed by atoms with Crippen LogP contribution < -0.4 is 36.6 Å². The molecule has 0 fully saturated rings. The number of hydrogen-bond acceptors (Lipinski definition) is 8. The van der Waals surface area contributed by atoms with Gasteiger partial charge < -0.3 is 36.6 Å². The maximum Gasteiger partial charge on any atom is 0.226 e. The summed E-state index contributed by atoms with van der Waals surface area (Å²) in [6.07, 6.45) is 3.88. The van der Waals surface area contributed by atoms with Crippen LogP contribution in [0.5, 0.6) is 5.75 Å². The number of fused-ring (bicyclic) bond motifs is 3. The number of para-hydroxylation sites is 1. The molecule has 242 valence electrons. The minimum absolute atomic E-state index is 0.0159. The molecule has 10 heteroatoms. The van der Waals surface area contributed by atoms with E-state index in [2.05, 4.69) is 62.5 Å². The normalized spacial score (nSPS) is 18.5. The summed E-state index contributed by atoms with van der Waals surface area (Å²) in [7, 11) is 2.12. The van der Waals surface area contributed by atoms with Crippen LogP contribution in [0.4, 0.5) is 34.3 Å². The van der Waals surface area contributed by atoms with Crippen LogP contribution in [0.25, 0.3) is 22.3 Å². The Balaban J connectivity index is 1.26. The van der Waals surface area contributed by atoms with Crippen LogP contribution in [-0.4, -0.2) is 48.6 Å². The fourth-order valence-electron chi connectivity index (χ4n) is 6.90. The highest BCUT2D eigenvalue weighted by Crippen LogP contribution is 2.42. The van der Waals surface area contributed by atoms with E-state index in [-0.39, 0.29) is 36.4 Å². The van der Waals surface area contributed by atoms with Crippen molar-refractivity contribution in [3.8, 4) is 28.0 Å². The molecule has 4 aromatic rings. The Morgan fingerprint density at radius 3 is 2.55 bits per heavy atom. The van der Waals surface area contributed by atoms with Crippen LogP contribution in [0, 0.1) is 0 Å². The Labute approximate surface area is 275 Å². The Bertz CT molecular complexity index is 1890. The largest absolute Gasteiger partial charge is 0.487 e. The van der Waals surface area contributed by atoms with Gasteiger partial charge in [0.2, 0.25) is 11.8 Å². The highest BCUT2D eigenvalue weighted by molar-refractivity contribution is 6.02. The van der Waals surface area contributed by atoms with Crippen molar-refractivity contribution >= 4 is 46.1 Å². The summed E-state index contributed by atoms with van der Waals surface area (Å²) in [5, 5.41) is 13.5. The smallest absolute Gasteiger partial charge is 0.226 e. The number of amides is 2. The minimum atomic E-state index is -0.224. The first-order chi connectivity index (χ1) is 22.6. The molecule has 0 radical (unpaired) electrons. The molecule has 0 aliphatic carbocycles. The van der Waals surface area contributed by atoms with Gasteiger partial charge in [0, 0.05) is 67.1 Å². The number of likely N-dealkylation sites (N-methyl/N-ethyl adjacent to an activating group) is 1. The van der Waals surface area contributed by atoms with E-state index in [4.69, 9.17) is 10.5 Å². The first-order valence-electron chi connectivity index (χ1n) is 16.3. The van der Waals surface area contributed by atoms with Gasteiger partial charge in [0.1, 0.15) is 0 Å². The number of nitrogens with zero attached hydrogens (tertiary/aromatic N) is 2. The topological polar surface area (TPSA) is 134 Å². The zero-order valence-corrected chi connectivity index (χ0v) is 27.2. The number of pyridine rings is 1. The Hall–Kier alpha value is -5.25. The predicted molar refractivity (Wildman–Crippen MR) is 189 cm³/mol. The van der Waals surface area contributed by atoms with E-state index in [1.807, 2.05) is 51.1 Å². The van der Waals surface area contributed by atoms with E-state index in [9.17, 15) is 9.59 Å². The average molecular weight is 632 g/mol. The molecule has 0 saturated heterocycles. The molecule has 47 heavy (non-hydrogen) atoms. The lowest BCUT2D eigenvalue weighted by atomic mass is 9.93. The van der Waals surface area contributed by atoms with Crippen molar-refractivity contribution in [2.24, 2.45) is 0 Å². The quantitative estimate of drug-likeness (QED) is 0.168. The summed E-state index contributed by atoms with van der Waals surface area (Å²) in [5.41, 5.74) is 16.8. The number of nitrogens with two attached hydrogens (primary N) is 1. The molecule has 2 atom stereocenters. The molecule has 0 saturated carbocycles. The molecule has 7 rings (SSSR count). The molecule has 4 heterocycles. The molecule has 10 nitrogen and oxygen atoms in total. The van der Waals surface area contributed by atoms with Gasteiger partial charge in [-0.15, -0.1) is 0 Å². The van der Waals surface area contributed by atoms with E-state index >= 15 is 0 Å². The number of hydrogen-bond donors (Lipinski definition) is 5. The second-order valence-corrected chi connectivity index (χ2v) is 13.2. The van der Waals surface area contributed by atoms with Crippen LogP contribution >= 0.6 is 0 Å². The number of nitrogen functional groups attached to an aromatic ring is 1. The number of carbonyl (C=O) groups is 2. The molecule has 6 N–H and O–H groups in total. The number of rotatable bonds is 6. The maximum absolute atomic E-state index is 13.2. The van der Waals surface area contributed by atoms with Gasteiger partial charge in [-0.05, 0) is 86.7 Å². The fraction of sp³-hybridized carbons (Fsp3) is 0.324. The van der Waals surface area contributed by atoms with Crippen molar-refractivity contribution in [3.05, 3.63) is 71.9 Å². The third kappa shape index (κ3) is 6.15. The number of nitrogens with one attached hydrogen (secondary N) is 4. The average Bonchev–Trinajstić information content (AvgIpc) is 3.20. The molecule has 2 amide bonds. The summed E-state index contributed by atoms with van der Waals surface area (Å²) >= 11 is 0. The molecule has 3 aliphatic rings. The predicted octanol–water partition coefficient (Wildman–Crippen LogP) is 6.29. The van der Waals surface area contributed by atoms with Gasteiger partial charge in [-0.2, -0.15) is 0 Å². The number of carbonyl (C=O) groups excluding carboxylic acids is 2. The minimum Gasteiger partial charge on any atom is -0.487 e. The zero-order valence-electron chi connectivity index (χ0n) is 27.2. The highest BCUT2D eigenvalue weighted by atomic mass is 16.5.